The van der Waals surface area contributed by atoms with Crippen LogP contribution in [-0.4, -0.2) is 18.8 Å². The van der Waals surface area contributed by atoms with Gasteiger partial charge in [-0.05, 0) is 29.8 Å². The Morgan fingerprint density at radius 1 is 1.20 bits per heavy atom. The molecule has 102 valence electrons. The summed E-state index contributed by atoms with van der Waals surface area (Å²) in [5.74, 6) is 1.39. The summed E-state index contributed by atoms with van der Waals surface area (Å²) in [5, 5.41) is 3.01. The summed E-state index contributed by atoms with van der Waals surface area (Å²) >= 11 is 1.71. The molecule has 1 atom stereocenters. The van der Waals surface area contributed by atoms with Gasteiger partial charge in [0.05, 0.1) is 18.7 Å². The second-order valence-electron chi connectivity index (χ2n) is 4.63. The van der Waals surface area contributed by atoms with Gasteiger partial charge in [0.1, 0.15) is 5.75 Å². The lowest BCUT2D eigenvalue weighted by Crippen LogP contribution is -2.21. The van der Waals surface area contributed by atoms with E-state index in [1.807, 2.05) is 48.5 Å². The summed E-state index contributed by atoms with van der Waals surface area (Å²) in [5.41, 5.74) is 1.88. The normalized spacial score (nSPS) is 17.9. The number of ether oxygens (including phenoxy) is 1. The number of para-hydroxylation sites is 1. The molecule has 20 heavy (non-hydrogen) atoms. The summed E-state index contributed by atoms with van der Waals surface area (Å²) < 4.78 is 5.24. The van der Waals surface area contributed by atoms with Crippen molar-refractivity contribution in [1.29, 1.82) is 0 Å². The van der Waals surface area contributed by atoms with Gasteiger partial charge in [0, 0.05) is 10.6 Å². The van der Waals surface area contributed by atoms with Crippen LogP contribution in [0.5, 0.6) is 5.75 Å². The molecule has 0 bridgehead atoms. The Morgan fingerprint density at radius 3 is 2.90 bits per heavy atom. The monoisotopic (exact) mass is 285 g/mol. The van der Waals surface area contributed by atoms with Crippen molar-refractivity contribution >= 4 is 23.4 Å². The second-order valence-corrected chi connectivity index (χ2v) is 5.69. The van der Waals surface area contributed by atoms with Crippen LogP contribution >= 0.6 is 11.8 Å². The number of carbonyl (C=O) groups is 1. The molecule has 0 saturated carbocycles. The van der Waals surface area contributed by atoms with Crippen molar-refractivity contribution in [3.63, 3.8) is 0 Å². The molecule has 1 heterocycles. The molecule has 0 radical (unpaired) electrons. The lowest BCUT2D eigenvalue weighted by molar-refractivity contribution is -0.117. The fourth-order valence-electron chi connectivity index (χ4n) is 2.27. The molecule has 1 unspecified atom stereocenters. The first kappa shape index (κ1) is 13.1. The van der Waals surface area contributed by atoms with Crippen molar-refractivity contribution in [1.82, 2.24) is 0 Å². The Balaban J connectivity index is 1.91. The minimum absolute atomic E-state index is 0.0377. The van der Waals surface area contributed by atoms with Crippen LogP contribution in [0.25, 0.3) is 0 Å². The van der Waals surface area contributed by atoms with Crippen LogP contribution in [-0.2, 0) is 4.79 Å². The fraction of sp³-hybridized carbons (Fsp3) is 0.188. The number of fused-ring (bicyclic) bond motifs is 1. The summed E-state index contributed by atoms with van der Waals surface area (Å²) in [6.07, 6.45) is 0. The van der Waals surface area contributed by atoms with Crippen molar-refractivity contribution in [2.45, 2.75) is 10.8 Å². The highest BCUT2D eigenvalue weighted by atomic mass is 32.2. The molecular formula is C16H15NO2S. The van der Waals surface area contributed by atoms with E-state index in [4.69, 9.17) is 4.74 Å². The minimum atomic E-state index is -0.164. The number of amides is 1. The smallest absolute Gasteiger partial charge is 0.232 e. The van der Waals surface area contributed by atoms with Crippen molar-refractivity contribution in [3.05, 3.63) is 54.1 Å². The van der Waals surface area contributed by atoms with Crippen LogP contribution in [0.3, 0.4) is 0 Å². The summed E-state index contributed by atoms with van der Waals surface area (Å²) in [6.45, 7) is 0. The van der Waals surface area contributed by atoms with Crippen LogP contribution in [0.1, 0.15) is 11.5 Å². The van der Waals surface area contributed by atoms with Gasteiger partial charge in [0.2, 0.25) is 5.91 Å². The lowest BCUT2D eigenvalue weighted by Gasteiger charge is -2.14. The van der Waals surface area contributed by atoms with Crippen LogP contribution in [0.4, 0.5) is 5.69 Å². The van der Waals surface area contributed by atoms with E-state index in [0.29, 0.717) is 0 Å². The van der Waals surface area contributed by atoms with Crippen LogP contribution in [0, 0.1) is 0 Å². The van der Waals surface area contributed by atoms with Crippen LogP contribution < -0.4 is 10.1 Å². The predicted molar refractivity (Wildman–Crippen MR) is 81.5 cm³/mol. The van der Waals surface area contributed by atoms with Gasteiger partial charge in [-0.25, -0.2) is 0 Å². The average molecular weight is 285 g/mol. The van der Waals surface area contributed by atoms with E-state index in [1.165, 1.54) is 0 Å². The van der Waals surface area contributed by atoms with E-state index in [9.17, 15) is 4.79 Å². The number of hydrogen-bond donors (Lipinski definition) is 1. The molecule has 3 nitrogen and oxygen atoms in total. The van der Waals surface area contributed by atoms with Gasteiger partial charge in [-0.3, -0.25) is 4.79 Å². The number of thioether (sulfide) groups is 1. The van der Waals surface area contributed by atoms with Gasteiger partial charge in [0.15, 0.2) is 0 Å². The van der Waals surface area contributed by atoms with E-state index in [1.54, 1.807) is 18.9 Å². The largest absolute Gasteiger partial charge is 0.497 e. The minimum Gasteiger partial charge on any atom is -0.497 e. The van der Waals surface area contributed by atoms with E-state index >= 15 is 0 Å². The molecule has 0 aliphatic carbocycles. The molecular weight excluding hydrogens is 270 g/mol. The number of benzene rings is 2. The van der Waals surface area contributed by atoms with Gasteiger partial charge in [-0.2, -0.15) is 0 Å². The highest BCUT2D eigenvalue weighted by Gasteiger charge is 2.25. The maximum absolute atomic E-state index is 12.4. The van der Waals surface area contributed by atoms with Gasteiger partial charge >= 0.3 is 0 Å². The zero-order chi connectivity index (χ0) is 13.9. The average Bonchev–Trinajstić information content (AvgIpc) is 2.65. The molecule has 0 fully saturated rings. The van der Waals surface area contributed by atoms with Gasteiger partial charge in [-0.1, -0.05) is 24.3 Å². The van der Waals surface area contributed by atoms with E-state index in [-0.39, 0.29) is 11.8 Å². The Labute approximate surface area is 122 Å². The zero-order valence-electron chi connectivity index (χ0n) is 11.1. The fourth-order valence-corrected chi connectivity index (χ4v) is 3.41. The van der Waals surface area contributed by atoms with Gasteiger partial charge < -0.3 is 10.1 Å². The first-order valence-corrected chi connectivity index (χ1v) is 7.43. The number of rotatable bonds is 2. The quantitative estimate of drug-likeness (QED) is 0.917. The molecule has 0 saturated heterocycles. The van der Waals surface area contributed by atoms with Crippen molar-refractivity contribution < 1.29 is 9.53 Å². The molecule has 0 spiro atoms. The third-order valence-corrected chi connectivity index (χ3v) is 4.53. The van der Waals surface area contributed by atoms with Gasteiger partial charge in [0.25, 0.3) is 0 Å². The van der Waals surface area contributed by atoms with Crippen LogP contribution in [0.2, 0.25) is 0 Å². The summed E-state index contributed by atoms with van der Waals surface area (Å²) in [7, 11) is 1.64. The third kappa shape index (κ3) is 2.51. The SMILES string of the molecule is COc1cccc(C2CSc3ccccc3NC2=O)c1. The maximum Gasteiger partial charge on any atom is 0.232 e. The topological polar surface area (TPSA) is 38.3 Å². The number of methoxy groups -OCH3 is 1. The molecule has 0 aromatic heterocycles. The standard InChI is InChI=1S/C16H15NO2S/c1-19-12-6-4-5-11(9-12)13-10-20-15-8-3-2-7-14(15)17-16(13)18/h2-9,13H,10H2,1H3,(H,17,18). The molecule has 2 aromatic rings. The highest BCUT2D eigenvalue weighted by molar-refractivity contribution is 7.99. The zero-order valence-corrected chi connectivity index (χ0v) is 11.9. The summed E-state index contributed by atoms with van der Waals surface area (Å²) in [6, 6.07) is 15.6. The summed E-state index contributed by atoms with van der Waals surface area (Å²) in [4.78, 5) is 13.5. The van der Waals surface area contributed by atoms with Crippen LogP contribution in [0.15, 0.2) is 53.4 Å². The molecule has 3 rings (SSSR count). The number of carbonyl (C=O) groups excluding carboxylic acids is 1. The lowest BCUT2D eigenvalue weighted by atomic mass is 10.00. The molecule has 1 aliphatic rings. The Morgan fingerprint density at radius 2 is 2.05 bits per heavy atom. The van der Waals surface area contributed by atoms with E-state index in [0.717, 1.165) is 27.6 Å². The first-order valence-electron chi connectivity index (χ1n) is 6.44. The molecule has 2 aromatic carbocycles. The Kier molecular flexibility index (Phi) is 3.65. The van der Waals surface area contributed by atoms with E-state index in [2.05, 4.69) is 5.32 Å². The number of nitrogens with one attached hydrogen (secondary N) is 1. The Hall–Kier alpha value is -1.94. The molecule has 1 aliphatic heterocycles. The van der Waals surface area contributed by atoms with E-state index < -0.39 is 0 Å². The maximum atomic E-state index is 12.4. The van der Waals surface area contributed by atoms with Crippen molar-refractivity contribution in [2.75, 3.05) is 18.2 Å². The molecule has 1 N–H and O–H groups in total. The number of hydrogen-bond acceptors (Lipinski definition) is 3. The predicted octanol–water partition coefficient (Wildman–Crippen LogP) is 3.52. The van der Waals surface area contributed by atoms with Crippen molar-refractivity contribution in [2.24, 2.45) is 0 Å². The third-order valence-electron chi connectivity index (χ3n) is 3.36. The number of anilines is 1. The van der Waals surface area contributed by atoms with Gasteiger partial charge in [-0.15, -0.1) is 11.8 Å². The van der Waals surface area contributed by atoms with Crippen molar-refractivity contribution in [3.8, 4) is 5.75 Å². The second kappa shape index (κ2) is 5.59. The highest BCUT2D eigenvalue weighted by Crippen LogP contribution is 2.36. The Bertz CT molecular complexity index is 642. The first-order chi connectivity index (χ1) is 9.78. The molecule has 4 heteroatoms. The molecule has 1 amide bonds.